The molecular weight excluding hydrogens is 216 g/mol. The van der Waals surface area contributed by atoms with Gasteiger partial charge in [-0.25, -0.2) is 4.79 Å². The fraction of sp³-hybridized carbons (Fsp3) is 0.556. The van der Waals surface area contributed by atoms with Gasteiger partial charge in [0.1, 0.15) is 11.5 Å². The van der Waals surface area contributed by atoms with Gasteiger partial charge in [-0.3, -0.25) is 14.4 Å². The number of hydroxylamine groups is 1. The molecule has 0 bridgehead atoms. The predicted octanol–water partition coefficient (Wildman–Crippen LogP) is -0.997. The van der Waals surface area contributed by atoms with E-state index in [1.807, 2.05) is 0 Å². The summed E-state index contributed by atoms with van der Waals surface area (Å²) in [7, 11) is 0. The number of carboxylic acids is 1. The number of aliphatic carboxylic acids is 1. The van der Waals surface area contributed by atoms with Crippen LogP contribution in [0.4, 0.5) is 0 Å². The topological polar surface area (TPSA) is 119 Å². The van der Waals surface area contributed by atoms with Crippen LogP contribution < -0.4 is 11.2 Å². The largest absolute Gasteiger partial charge is 0.480 e. The SMILES string of the molecule is CC(C)(C)ON[C@H](C(=O)O)C(=C=O)C(N)=O. The van der Waals surface area contributed by atoms with Crippen molar-refractivity contribution in [3.63, 3.8) is 0 Å². The van der Waals surface area contributed by atoms with Gasteiger partial charge >= 0.3 is 5.97 Å². The lowest BCUT2D eigenvalue weighted by Gasteiger charge is -2.22. The second-order valence-electron chi connectivity index (χ2n) is 3.98. The number of carbonyl (C=O) groups is 2. The summed E-state index contributed by atoms with van der Waals surface area (Å²) in [5.41, 5.74) is 5.51. The van der Waals surface area contributed by atoms with Crippen LogP contribution in [0.3, 0.4) is 0 Å². The Labute approximate surface area is 92.2 Å². The van der Waals surface area contributed by atoms with E-state index in [2.05, 4.69) is 5.48 Å². The molecule has 7 heteroatoms. The van der Waals surface area contributed by atoms with E-state index in [1.165, 1.54) is 5.94 Å². The number of amides is 1. The lowest BCUT2D eigenvalue weighted by Crippen LogP contribution is -2.45. The van der Waals surface area contributed by atoms with Crippen molar-refractivity contribution < 1.29 is 24.3 Å². The first-order valence-corrected chi connectivity index (χ1v) is 4.40. The van der Waals surface area contributed by atoms with Gasteiger partial charge in [0, 0.05) is 0 Å². The number of nitrogens with two attached hydrogens (primary N) is 1. The van der Waals surface area contributed by atoms with Crippen molar-refractivity contribution in [3.05, 3.63) is 5.57 Å². The van der Waals surface area contributed by atoms with Crippen LogP contribution in [0.15, 0.2) is 5.57 Å². The van der Waals surface area contributed by atoms with Crippen LogP contribution in [0.1, 0.15) is 20.8 Å². The predicted molar refractivity (Wildman–Crippen MR) is 53.8 cm³/mol. The molecule has 0 rings (SSSR count). The molecule has 0 aromatic carbocycles. The van der Waals surface area contributed by atoms with Crippen molar-refractivity contribution in [2.75, 3.05) is 0 Å². The molecule has 0 heterocycles. The monoisotopic (exact) mass is 230 g/mol. The van der Waals surface area contributed by atoms with Gasteiger partial charge in [-0.2, -0.15) is 5.48 Å². The Morgan fingerprint density at radius 2 is 1.94 bits per heavy atom. The Bertz CT molecular complexity index is 338. The van der Waals surface area contributed by atoms with Crippen LogP contribution in [-0.4, -0.2) is 34.6 Å². The first kappa shape index (κ1) is 14.3. The van der Waals surface area contributed by atoms with Crippen molar-refractivity contribution in [3.8, 4) is 0 Å². The number of primary amides is 1. The quantitative estimate of drug-likeness (QED) is 0.317. The van der Waals surface area contributed by atoms with Crippen LogP contribution in [0.25, 0.3) is 0 Å². The minimum absolute atomic E-state index is 0.681. The van der Waals surface area contributed by atoms with E-state index in [-0.39, 0.29) is 0 Å². The lowest BCUT2D eigenvalue weighted by atomic mass is 10.1. The Balaban J connectivity index is 4.83. The molecule has 0 spiro atoms. The summed E-state index contributed by atoms with van der Waals surface area (Å²) in [4.78, 5) is 36.9. The molecule has 0 radical (unpaired) electrons. The molecule has 0 aromatic rings. The molecule has 1 atom stereocenters. The van der Waals surface area contributed by atoms with E-state index in [9.17, 15) is 14.4 Å². The maximum atomic E-state index is 10.8. The first-order valence-electron chi connectivity index (χ1n) is 4.40. The van der Waals surface area contributed by atoms with Gasteiger partial charge in [0.15, 0.2) is 6.04 Å². The number of hydrogen-bond acceptors (Lipinski definition) is 5. The molecule has 1 amide bonds. The zero-order chi connectivity index (χ0) is 12.9. The van der Waals surface area contributed by atoms with Crippen molar-refractivity contribution in [2.24, 2.45) is 5.73 Å². The number of carboxylic acid groups (broad SMARTS) is 1. The molecule has 90 valence electrons. The number of hydrogen-bond donors (Lipinski definition) is 3. The highest BCUT2D eigenvalue weighted by Gasteiger charge is 2.29. The molecule has 4 N–H and O–H groups in total. The normalized spacial score (nSPS) is 12.7. The Morgan fingerprint density at radius 3 is 2.19 bits per heavy atom. The fourth-order valence-electron chi connectivity index (χ4n) is 0.720. The summed E-state index contributed by atoms with van der Waals surface area (Å²) in [6.07, 6.45) is 0. The Morgan fingerprint density at radius 1 is 1.44 bits per heavy atom. The van der Waals surface area contributed by atoms with E-state index in [0.29, 0.717) is 0 Å². The van der Waals surface area contributed by atoms with Gasteiger partial charge in [0.05, 0.1) is 5.60 Å². The third-order valence-corrected chi connectivity index (χ3v) is 1.39. The maximum Gasteiger partial charge on any atom is 0.328 e. The molecule has 0 aromatic heterocycles. The highest BCUT2D eigenvalue weighted by atomic mass is 16.7. The second kappa shape index (κ2) is 5.41. The minimum Gasteiger partial charge on any atom is -0.480 e. The van der Waals surface area contributed by atoms with Gasteiger partial charge in [-0.15, -0.1) is 0 Å². The molecule has 0 saturated carbocycles. The van der Waals surface area contributed by atoms with E-state index in [4.69, 9.17) is 15.7 Å². The van der Waals surface area contributed by atoms with Gasteiger partial charge in [0.2, 0.25) is 0 Å². The third-order valence-electron chi connectivity index (χ3n) is 1.39. The van der Waals surface area contributed by atoms with Crippen molar-refractivity contribution in [1.82, 2.24) is 5.48 Å². The molecule has 7 nitrogen and oxygen atoms in total. The zero-order valence-corrected chi connectivity index (χ0v) is 9.23. The smallest absolute Gasteiger partial charge is 0.328 e. The molecule has 0 aliphatic heterocycles. The molecule has 0 aliphatic rings. The lowest BCUT2D eigenvalue weighted by molar-refractivity contribution is -0.148. The van der Waals surface area contributed by atoms with Gasteiger partial charge < -0.3 is 10.8 Å². The molecule has 0 unspecified atom stereocenters. The highest BCUT2D eigenvalue weighted by molar-refractivity contribution is 6.05. The van der Waals surface area contributed by atoms with Crippen LogP contribution in [0.5, 0.6) is 0 Å². The van der Waals surface area contributed by atoms with E-state index in [1.54, 1.807) is 20.8 Å². The average molecular weight is 230 g/mol. The first-order chi connectivity index (χ1) is 7.19. The summed E-state index contributed by atoms with van der Waals surface area (Å²) in [6, 6.07) is -1.63. The van der Waals surface area contributed by atoms with Crippen LogP contribution >= 0.6 is 0 Å². The van der Waals surface area contributed by atoms with E-state index in [0.717, 1.165) is 0 Å². The molecule has 16 heavy (non-hydrogen) atoms. The Hall–Kier alpha value is -1.69. The summed E-state index contributed by atoms with van der Waals surface area (Å²) in [5.74, 6) is -1.43. The van der Waals surface area contributed by atoms with Crippen LogP contribution in [-0.2, 0) is 19.2 Å². The number of nitrogens with one attached hydrogen (secondary N) is 1. The maximum absolute atomic E-state index is 10.8. The van der Waals surface area contributed by atoms with Crippen molar-refractivity contribution >= 4 is 17.8 Å². The second-order valence-corrected chi connectivity index (χ2v) is 3.98. The molecule has 0 fully saturated rings. The highest BCUT2D eigenvalue weighted by Crippen LogP contribution is 2.07. The molecule has 0 aliphatic carbocycles. The third kappa shape index (κ3) is 4.70. The standard InChI is InChI=1S/C9H14N2O5/c1-9(2,3)16-11-6(8(14)15)5(4-12)7(10)13/h6,11H,1-3H3,(H2,10,13)(H,14,15)/t6-/m0/s1. The fourth-order valence-corrected chi connectivity index (χ4v) is 0.720. The molecular formula is C9H14N2O5. The average Bonchev–Trinajstić information content (AvgIpc) is 2.08. The zero-order valence-electron chi connectivity index (χ0n) is 9.23. The van der Waals surface area contributed by atoms with Crippen molar-refractivity contribution in [1.29, 1.82) is 0 Å². The van der Waals surface area contributed by atoms with E-state index >= 15 is 0 Å². The van der Waals surface area contributed by atoms with E-state index < -0.39 is 29.1 Å². The Kier molecular flexibility index (Phi) is 4.84. The summed E-state index contributed by atoms with van der Waals surface area (Å²) in [5, 5.41) is 8.77. The van der Waals surface area contributed by atoms with Crippen LogP contribution in [0.2, 0.25) is 0 Å². The van der Waals surface area contributed by atoms with Gasteiger partial charge in [-0.1, -0.05) is 0 Å². The summed E-state index contributed by atoms with van der Waals surface area (Å²) < 4.78 is 0. The minimum atomic E-state index is -1.63. The summed E-state index contributed by atoms with van der Waals surface area (Å²) in [6.45, 7) is 4.98. The summed E-state index contributed by atoms with van der Waals surface area (Å²) >= 11 is 0. The van der Waals surface area contributed by atoms with Gasteiger partial charge in [0.25, 0.3) is 5.91 Å². The number of rotatable bonds is 5. The van der Waals surface area contributed by atoms with Crippen LogP contribution in [0, 0.1) is 0 Å². The van der Waals surface area contributed by atoms with Gasteiger partial charge in [-0.05, 0) is 20.8 Å². The number of carbonyl (C=O) groups excluding carboxylic acids is 2. The molecule has 0 saturated heterocycles. The van der Waals surface area contributed by atoms with Crippen molar-refractivity contribution in [2.45, 2.75) is 32.4 Å².